The maximum absolute atomic E-state index is 14.0. The summed E-state index contributed by atoms with van der Waals surface area (Å²) < 4.78 is 18.6. The summed E-state index contributed by atoms with van der Waals surface area (Å²) in [6.07, 6.45) is 6.66. The third-order valence-electron chi connectivity index (χ3n) is 14.6. The first-order chi connectivity index (χ1) is 37.5. The maximum Gasteiger partial charge on any atom is 0.263 e. The number of benzene rings is 1. The number of carbonyl (C=O) groups is 5. The summed E-state index contributed by atoms with van der Waals surface area (Å²) in [6, 6.07) is 9.81. The Balaban J connectivity index is 0.679. The minimum Gasteiger partial charge on any atom is -0.391 e. The highest BCUT2D eigenvalue weighted by Crippen LogP contribution is 2.33. The van der Waals surface area contributed by atoms with Crippen LogP contribution in [0.4, 0.5) is 17.5 Å². The monoisotopic (exact) mass is 1090 g/mol. The number of fused-ring (bicyclic) bond motifs is 1. The van der Waals surface area contributed by atoms with Crippen molar-refractivity contribution in [3.63, 3.8) is 0 Å². The average Bonchev–Trinajstić information content (AvgIpc) is 4.25. The standard InChI is InChI=1S/C56H73N11O10S/c1-35-43-32-59-55(63-51(43)67(40-9-7-8-10-40)53(73)48(35)37(3)68)61-45-16-15-41(31-57-45)64-19-21-65(22-20-64)47(71)18-24-76-26-28-77-27-25-75-23-17-46(70)62-50(56(4,5)6)54(74)66-33-42(69)29-44(66)52(72)58-30-38-11-13-39(14-12-38)49-36(2)60-34-78-49/h11-16,31-32,34,40,42,44,50,69H,7-10,17-30,33H2,1-6H3,(H,58,72)(H,62,70)(H,57,59,61,63)/t42-,44+,50?/m1/s1. The molecule has 21 nitrogen and oxygen atoms in total. The number of pyridine rings is 2. The van der Waals surface area contributed by atoms with E-state index in [2.05, 4.69) is 35.8 Å². The van der Waals surface area contributed by atoms with Crippen LogP contribution in [0.2, 0.25) is 0 Å². The topological polar surface area (TPSA) is 253 Å². The van der Waals surface area contributed by atoms with Crippen LogP contribution in [0.25, 0.3) is 21.5 Å². The fourth-order valence-electron chi connectivity index (χ4n) is 10.3. The molecule has 2 saturated heterocycles. The van der Waals surface area contributed by atoms with E-state index in [1.807, 2.05) is 74.5 Å². The predicted octanol–water partition coefficient (Wildman–Crippen LogP) is 5.28. The lowest BCUT2D eigenvalue weighted by Crippen LogP contribution is -2.57. The van der Waals surface area contributed by atoms with Gasteiger partial charge in [0.25, 0.3) is 5.56 Å². The Morgan fingerprint density at radius 2 is 1.53 bits per heavy atom. The highest BCUT2D eigenvalue weighted by molar-refractivity contribution is 7.13. The predicted molar refractivity (Wildman–Crippen MR) is 296 cm³/mol. The number of likely N-dealkylation sites (tertiary alicyclic amines) is 1. The first-order valence-corrected chi connectivity index (χ1v) is 27.8. The van der Waals surface area contributed by atoms with E-state index in [1.54, 1.807) is 35.2 Å². The number of anilines is 3. The van der Waals surface area contributed by atoms with Gasteiger partial charge in [-0.2, -0.15) is 4.98 Å². The van der Waals surface area contributed by atoms with Crippen LogP contribution >= 0.6 is 11.3 Å². The van der Waals surface area contributed by atoms with Crippen LogP contribution in [0.3, 0.4) is 0 Å². The number of aliphatic hydroxyl groups excluding tert-OH is 1. The van der Waals surface area contributed by atoms with E-state index in [1.165, 1.54) is 11.8 Å². The molecule has 0 radical (unpaired) electrons. The van der Waals surface area contributed by atoms with Crippen molar-refractivity contribution in [2.24, 2.45) is 5.41 Å². The number of hydrogen-bond donors (Lipinski definition) is 4. The van der Waals surface area contributed by atoms with Crippen LogP contribution in [-0.2, 0) is 39.9 Å². The summed E-state index contributed by atoms with van der Waals surface area (Å²) in [5.74, 6) is -0.595. The normalized spacial score (nSPS) is 17.4. The van der Waals surface area contributed by atoms with Crippen LogP contribution in [-0.4, -0.2) is 159 Å². The summed E-state index contributed by atoms with van der Waals surface area (Å²) in [4.78, 5) is 104. The molecule has 4 N–H and O–H groups in total. The van der Waals surface area contributed by atoms with Crippen molar-refractivity contribution in [3.8, 4) is 10.4 Å². The zero-order chi connectivity index (χ0) is 55.5. The Morgan fingerprint density at radius 3 is 2.15 bits per heavy atom. The van der Waals surface area contributed by atoms with Crippen LogP contribution in [0.15, 0.2) is 59.1 Å². The number of nitrogens with zero attached hydrogens (tertiary/aromatic N) is 8. The van der Waals surface area contributed by atoms with Crippen molar-refractivity contribution in [3.05, 3.63) is 87.0 Å². The molecule has 5 aromatic rings. The molecule has 3 atom stereocenters. The highest BCUT2D eigenvalue weighted by atomic mass is 32.1. The summed E-state index contributed by atoms with van der Waals surface area (Å²) in [7, 11) is 0. The number of Topliss-reactive ketones (excluding diaryl/α,β-unsaturated/α-hetero) is 1. The fourth-order valence-corrected chi connectivity index (χ4v) is 11.1. The summed E-state index contributed by atoms with van der Waals surface area (Å²) in [5, 5.41) is 20.2. The number of aryl methyl sites for hydroxylation is 2. The second-order valence-corrected chi connectivity index (χ2v) is 22.1. The number of carbonyl (C=O) groups excluding carboxylic acids is 5. The van der Waals surface area contributed by atoms with Crippen molar-refractivity contribution < 1.29 is 43.3 Å². The molecule has 2 aliphatic heterocycles. The molecular formula is C56H73N11O10S. The van der Waals surface area contributed by atoms with Gasteiger partial charge in [0.1, 0.15) is 23.5 Å². The molecule has 3 aliphatic rings. The number of thiazole rings is 1. The number of ketones is 1. The molecule has 4 amide bonds. The van der Waals surface area contributed by atoms with E-state index in [9.17, 15) is 33.9 Å². The first kappa shape index (κ1) is 57.5. The number of amides is 4. The first-order valence-electron chi connectivity index (χ1n) is 26.9. The Labute approximate surface area is 458 Å². The number of aromatic nitrogens is 5. The fraction of sp³-hybridized carbons (Fsp3) is 0.536. The maximum atomic E-state index is 14.0. The van der Waals surface area contributed by atoms with E-state index in [0.29, 0.717) is 67.8 Å². The second kappa shape index (κ2) is 26.3. The number of nitrogens with one attached hydrogen (secondary N) is 3. The van der Waals surface area contributed by atoms with Crippen LogP contribution in [0, 0.1) is 19.3 Å². The van der Waals surface area contributed by atoms with Crippen LogP contribution in [0.1, 0.15) is 106 Å². The van der Waals surface area contributed by atoms with Gasteiger partial charge in [0.15, 0.2) is 5.78 Å². The Morgan fingerprint density at radius 1 is 0.846 bits per heavy atom. The summed E-state index contributed by atoms with van der Waals surface area (Å²) >= 11 is 1.57. The van der Waals surface area contributed by atoms with Crippen molar-refractivity contribution in [2.45, 2.75) is 117 Å². The van der Waals surface area contributed by atoms with Gasteiger partial charge in [0.05, 0.1) is 85.7 Å². The van der Waals surface area contributed by atoms with Crippen LogP contribution < -0.4 is 26.4 Å². The van der Waals surface area contributed by atoms with Gasteiger partial charge in [-0.1, -0.05) is 57.9 Å². The molecule has 6 heterocycles. The minimum atomic E-state index is -0.947. The average molecular weight is 1090 g/mol. The van der Waals surface area contributed by atoms with E-state index in [4.69, 9.17) is 19.2 Å². The van der Waals surface area contributed by atoms with Gasteiger partial charge < -0.3 is 50.0 Å². The van der Waals surface area contributed by atoms with Gasteiger partial charge in [0, 0.05) is 69.7 Å². The third kappa shape index (κ3) is 14.3. The number of hydrogen-bond acceptors (Lipinski definition) is 17. The lowest BCUT2D eigenvalue weighted by molar-refractivity contribution is -0.144. The molecule has 1 saturated carbocycles. The number of aliphatic hydroxyl groups is 1. The van der Waals surface area contributed by atoms with Gasteiger partial charge in [-0.25, -0.2) is 15.0 Å². The van der Waals surface area contributed by atoms with E-state index >= 15 is 0 Å². The largest absolute Gasteiger partial charge is 0.391 e. The quantitative estimate of drug-likeness (QED) is 0.0480. The molecule has 0 bridgehead atoms. The molecule has 0 spiro atoms. The van der Waals surface area contributed by atoms with Crippen molar-refractivity contribution in [1.29, 1.82) is 0 Å². The zero-order valence-corrected chi connectivity index (χ0v) is 46.4. The lowest BCUT2D eigenvalue weighted by Gasteiger charge is -2.36. The zero-order valence-electron chi connectivity index (χ0n) is 45.5. The number of rotatable bonds is 23. The smallest absolute Gasteiger partial charge is 0.263 e. The molecule has 8 rings (SSSR count). The molecule has 1 unspecified atom stereocenters. The molecular weight excluding hydrogens is 1020 g/mol. The molecule has 22 heteroatoms. The second-order valence-electron chi connectivity index (χ2n) is 21.3. The molecule has 1 aromatic carbocycles. The lowest BCUT2D eigenvalue weighted by atomic mass is 9.85. The molecule has 4 aromatic heterocycles. The van der Waals surface area contributed by atoms with Gasteiger partial charge in [-0.15, -0.1) is 11.3 Å². The number of ether oxygens (including phenoxy) is 3. The minimum absolute atomic E-state index is 0.00543. The molecule has 78 heavy (non-hydrogen) atoms. The summed E-state index contributed by atoms with van der Waals surface area (Å²) in [6.45, 7) is 14.8. The molecule has 3 fully saturated rings. The van der Waals surface area contributed by atoms with Crippen molar-refractivity contribution in [1.82, 2.24) is 44.9 Å². The van der Waals surface area contributed by atoms with E-state index in [-0.39, 0.29) is 99.4 Å². The van der Waals surface area contributed by atoms with Gasteiger partial charge in [0.2, 0.25) is 29.6 Å². The third-order valence-corrected chi connectivity index (χ3v) is 15.6. The number of piperazine rings is 1. The highest BCUT2D eigenvalue weighted by Gasteiger charge is 2.44. The van der Waals surface area contributed by atoms with Crippen molar-refractivity contribution in [2.75, 3.05) is 82.6 Å². The molecule has 1 aliphatic carbocycles. The number of β-amino-alcohol motifs (C(OH)–C–C–N with tert-alkyl or cyclic N) is 1. The van der Waals surface area contributed by atoms with Crippen LogP contribution in [0.5, 0.6) is 0 Å². The SMILES string of the molecule is CC(=O)c1c(C)c2cnc(Nc3ccc(N4CCN(C(=O)CCOCCOCCOCCC(=O)NC(C(=O)N5C[C@H](O)C[C@H]5C(=O)NCc5ccc(-c6scnc6C)cc5)C(C)(C)C)CC4)cn3)nc2n(C2CCCC2)c1=O. The summed E-state index contributed by atoms with van der Waals surface area (Å²) in [5.41, 5.74) is 5.92. The molecule has 418 valence electrons. The Bertz CT molecular complexity index is 2970. The van der Waals surface area contributed by atoms with Gasteiger partial charge in [-0.05, 0) is 67.9 Å². The van der Waals surface area contributed by atoms with E-state index < -0.39 is 29.5 Å². The van der Waals surface area contributed by atoms with Gasteiger partial charge in [-0.3, -0.25) is 33.3 Å². The van der Waals surface area contributed by atoms with Crippen molar-refractivity contribution >= 4 is 69.2 Å². The van der Waals surface area contributed by atoms with Gasteiger partial charge >= 0.3 is 0 Å². The Hall–Kier alpha value is -6.72. The van der Waals surface area contributed by atoms with E-state index in [0.717, 1.165) is 53.1 Å². The Kier molecular flexibility index (Phi) is 19.4.